The summed E-state index contributed by atoms with van der Waals surface area (Å²) in [5, 5.41) is 6.47. The first-order chi connectivity index (χ1) is 15.4. The fraction of sp³-hybridized carbons (Fsp3) is 0.808. The molecule has 33 heavy (non-hydrogen) atoms. The first kappa shape index (κ1) is 31.1. The van der Waals surface area contributed by atoms with Crippen molar-refractivity contribution in [1.29, 1.82) is 0 Å². The van der Waals surface area contributed by atoms with Crippen LogP contribution in [0.1, 0.15) is 88.0 Å². The van der Waals surface area contributed by atoms with Gasteiger partial charge in [0.25, 0.3) is 0 Å². The second kappa shape index (κ2) is 15.1. The summed E-state index contributed by atoms with van der Waals surface area (Å²) in [6.45, 7) is 18.7. The Labute approximate surface area is 202 Å². The first-order valence-corrected chi connectivity index (χ1v) is 12.6. The standard InChI is InChI=1S/C26H49N3O4/c1-11-15-27-26(12-2,13-3)25(32)28-21(16-18(5)6)23(30)29(10)22(19(7)8)17-20(9)24(31)33-14-4/h17-19,21-22,27H,11-16H2,1-10H3,(H,28,32)/t21-,22+/m0/s1. The Morgan fingerprint density at radius 1 is 1.03 bits per heavy atom. The molecule has 0 aliphatic carbocycles. The molecule has 2 amide bonds. The largest absolute Gasteiger partial charge is 0.463 e. The normalized spacial score (nSPS) is 14.2. The Bertz CT molecular complexity index is 654. The number of ether oxygens (including phenoxy) is 1. The minimum Gasteiger partial charge on any atom is -0.463 e. The molecule has 0 saturated heterocycles. The molecule has 7 heteroatoms. The van der Waals surface area contributed by atoms with Gasteiger partial charge in [-0.3, -0.25) is 9.59 Å². The summed E-state index contributed by atoms with van der Waals surface area (Å²) in [6, 6.07) is -0.935. The molecule has 192 valence electrons. The number of likely N-dealkylation sites (N-methyl/N-ethyl adjacent to an activating group) is 1. The van der Waals surface area contributed by atoms with Gasteiger partial charge in [-0.2, -0.15) is 0 Å². The van der Waals surface area contributed by atoms with Crippen molar-refractivity contribution in [3.05, 3.63) is 11.6 Å². The average Bonchev–Trinajstić information content (AvgIpc) is 2.76. The number of nitrogens with one attached hydrogen (secondary N) is 2. The van der Waals surface area contributed by atoms with Gasteiger partial charge in [-0.25, -0.2) is 4.79 Å². The van der Waals surface area contributed by atoms with Crippen LogP contribution in [0.2, 0.25) is 0 Å². The van der Waals surface area contributed by atoms with Crippen molar-refractivity contribution in [3.8, 4) is 0 Å². The third-order valence-electron chi connectivity index (χ3n) is 6.16. The van der Waals surface area contributed by atoms with Crippen molar-refractivity contribution in [1.82, 2.24) is 15.5 Å². The molecule has 0 heterocycles. The summed E-state index contributed by atoms with van der Waals surface area (Å²) in [6.07, 6.45) is 4.54. The second-order valence-electron chi connectivity index (χ2n) is 9.63. The molecule has 2 atom stereocenters. The maximum absolute atomic E-state index is 13.6. The summed E-state index contributed by atoms with van der Waals surface area (Å²) in [4.78, 5) is 40.8. The third-order valence-corrected chi connectivity index (χ3v) is 6.16. The van der Waals surface area contributed by atoms with E-state index < -0.39 is 11.6 Å². The zero-order chi connectivity index (χ0) is 25.8. The first-order valence-electron chi connectivity index (χ1n) is 12.6. The Morgan fingerprint density at radius 3 is 2.03 bits per heavy atom. The summed E-state index contributed by atoms with van der Waals surface area (Å²) >= 11 is 0. The molecule has 0 aromatic carbocycles. The van der Waals surface area contributed by atoms with Crippen LogP contribution in [0.4, 0.5) is 0 Å². The zero-order valence-electron chi connectivity index (χ0n) is 22.7. The van der Waals surface area contributed by atoms with Crippen LogP contribution >= 0.6 is 0 Å². The SMILES string of the molecule is CCCNC(CC)(CC)C(=O)N[C@@H](CC(C)C)C(=O)N(C)[C@H](C=C(C)C(=O)OCC)C(C)C. The molecule has 0 spiro atoms. The van der Waals surface area contributed by atoms with Crippen LogP contribution in [-0.2, 0) is 19.1 Å². The fourth-order valence-corrected chi connectivity index (χ4v) is 3.97. The molecule has 0 bridgehead atoms. The molecule has 0 radical (unpaired) electrons. The molecular formula is C26H49N3O4. The van der Waals surface area contributed by atoms with Crippen LogP contribution < -0.4 is 10.6 Å². The molecule has 0 aliphatic heterocycles. The molecule has 0 rings (SSSR count). The Hall–Kier alpha value is -1.89. The second-order valence-corrected chi connectivity index (χ2v) is 9.63. The maximum atomic E-state index is 13.6. The molecule has 0 fully saturated rings. The van der Waals surface area contributed by atoms with Crippen molar-refractivity contribution >= 4 is 17.8 Å². The number of amides is 2. The van der Waals surface area contributed by atoms with Crippen LogP contribution in [0.5, 0.6) is 0 Å². The minimum atomic E-state index is -0.693. The lowest BCUT2D eigenvalue weighted by Crippen LogP contribution is -2.61. The van der Waals surface area contributed by atoms with Gasteiger partial charge in [-0.05, 0) is 57.9 Å². The number of hydrogen-bond acceptors (Lipinski definition) is 5. The number of nitrogens with zero attached hydrogens (tertiary/aromatic N) is 1. The van der Waals surface area contributed by atoms with Gasteiger partial charge in [-0.15, -0.1) is 0 Å². The molecule has 0 saturated carbocycles. The quantitative estimate of drug-likeness (QED) is 0.280. The Balaban J connectivity index is 5.89. The Kier molecular flexibility index (Phi) is 14.2. The van der Waals surface area contributed by atoms with E-state index in [-0.39, 0.29) is 35.7 Å². The van der Waals surface area contributed by atoms with E-state index in [9.17, 15) is 14.4 Å². The summed E-state index contributed by atoms with van der Waals surface area (Å²) in [5.74, 6) is -0.361. The number of rotatable bonds is 15. The number of carbonyl (C=O) groups is 3. The van der Waals surface area contributed by atoms with Gasteiger partial charge in [-0.1, -0.05) is 54.5 Å². The predicted molar refractivity (Wildman–Crippen MR) is 135 cm³/mol. The molecule has 0 aliphatic rings. The van der Waals surface area contributed by atoms with E-state index in [0.29, 0.717) is 31.4 Å². The van der Waals surface area contributed by atoms with Crippen LogP contribution in [0.15, 0.2) is 11.6 Å². The van der Waals surface area contributed by atoms with E-state index in [1.165, 1.54) is 0 Å². The van der Waals surface area contributed by atoms with Crippen molar-refractivity contribution < 1.29 is 19.1 Å². The van der Waals surface area contributed by atoms with Gasteiger partial charge < -0.3 is 20.3 Å². The van der Waals surface area contributed by atoms with E-state index >= 15 is 0 Å². The number of carbonyl (C=O) groups excluding carboxylic acids is 3. The van der Waals surface area contributed by atoms with Gasteiger partial charge in [0.05, 0.1) is 18.2 Å². The molecule has 0 aromatic rings. The summed E-state index contributed by atoms with van der Waals surface area (Å²) < 4.78 is 5.10. The minimum absolute atomic E-state index is 0.0790. The van der Waals surface area contributed by atoms with Gasteiger partial charge >= 0.3 is 5.97 Å². The highest BCUT2D eigenvalue weighted by atomic mass is 16.5. The molecule has 0 unspecified atom stereocenters. The molecule has 2 N–H and O–H groups in total. The predicted octanol–water partition coefficient (Wildman–Crippen LogP) is 4.07. The maximum Gasteiger partial charge on any atom is 0.333 e. The van der Waals surface area contributed by atoms with Crippen molar-refractivity contribution in [2.24, 2.45) is 11.8 Å². The smallest absolute Gasteiger partial charge is 0.333 e. The van der Waals surface area contributed by atoms with Crippen molar-refractivity contribution in [2.75, 3.05) is 20.2 Å². The van der Waals surface area contributed by atoms with Crippen molar-refractivity contribution in [2.45, 2.75) is 106 Å². The van der Waals surface area contributed by atoms with E-state index in [0.717, 1.165) is 13.0 Å². The van der Waals surface area contributed by atoms with Gasteiger partial charge in [0.15, 0.2) is 0 Å². The molecule has 7 nitrogen and oxygen atoms in total. The highest BCUT2D eigenvalue weighted by Crippen LogP contribution is 2.20. The molecular weight excluding hydrogens is 418 g/mol. The molecule has 0 aromatic heterocycles. The van der Waals surface area contributed by atoms with Crippen molar-refractivity contribution in [3.63, 3.8) is 0 Å². The lowest BCUT2D eigenvalue weighted by Gasteiger charge is -2.36. The van der Waals surface area contributed by atoms with E-state index in [4.69, 9.17) is 4.74 Å². The van der Waals surface area contributed by atoms with Gasteiger partial charge in [0.1, 0.15) is 6.04 Å². The van der Waals surface area contributed by atoms with Crippen LogP contribution in [0.3, 0.4) is 0 Å². The highest BCUT2D eigenvalue weighted by Gasteiger charge is 2.38. The van der Waals surface area contributed by atoms with E-state index in [1.54, 1.807) is 31.9 Å². The van der Waals surface area contributed by atoms with E-state index in [1.807, 2.05) is 41.5 Å². The van der Waals surface area contributed by atoms with Crippen LogP contribution in [0, 0.1) is 11.8 Å². The van der Waals surface area contributed by atoms with Crippen LogP contribution in [-0.4, -0.2) is 60.5 Å². The Morgan fingerprint density at radius 2 is 1.61 bits per heavy atom. The topological polar surface area (TPSA) is 87.7 Å². The third kappa shape index (κ3) is 9.48. The van der Waals surface area contributed by atoms with Gasteiger partial charge in [0, 0.05) is 12.6 Å². The zero-order valence-corrected chi connectivity index (χ0v) is 22.7. The summed E-state index contributed by atoms with van der Waals surface area (Å²) in [5.41, 5.74) is -0.221. The summed E-state index contributed by atoms with van der Waals surface area (Å²) in [7, 11) is 1.74. The number of esters is 1. The lowest BCUT2D eigenvalue weighted by molar-refractivity contribution is -0.140. The highest BCUT2D eigenvalue weighted by molar-refractivity contribution is 5.92. The van der Waals surface area contributed by atoms with E-state index in [2.05, 4.69) is 17.6 Å². The number of hydrogen-bond donors (Lipinski definition) is 2. The lowest BCUT2D eigenvalue weighted by atomic mass is 9.90. The van der Waals surface area contributed by atoms with Crippen LogP contribution in [0.25, 0.3) is 0 Å². The monoisotopic (exact) mass is 467 g/mol. The fourth-order valence-electron chi connectivity index (χ4n) is 3.97. The average molecular weight is 468 g/mol. The van der Waals surface area contributed by atoms with Gasteiger partial charge in [0.2, 0.25) is 11.8 Å².